The standard InChI is InChI=1S/C17H31N3/c1-3-14-12-15(18)10-11-17(14,4-2)20-13-19-16-8-6-5-7-9-16/h14-16H,3-12,18H2,1-2H3. The Morgan fingerprint density at radius 3 is 2.55 bits per heavy atom. The molecule has 0 aromatic carbocycles. The molecule has 2 N–H and O–H groups in total. The summed E-state index contributed by atoms with van der Waals surface area (Å²) in [7, 11) is 0. The minimum absolute atomic E-state index is 0.0583. The zero-order chi connectivity index (χ0) is 14.4. The van der Waals surface area contributed by atoms with Gasteiger partial charge in [0.15, 0.2) is 0 Å². The second-order valence-electron chi connectivity index (χ2n) is 6.73. The molecular formula is C17H31N3. The molecule has 3 atom stereocenters. The van der Waals surface area contributed by atoms with Crippen LogP contribution in [0.1, 0.15) is 78.1 Å². The summed E-state index contributed by atoms with van der Waals surface area (Å²) in [6.07, 6.45) is 12.0. The maximum absolute atomic E-state index is 6.14. The van der Waals surface area contributed by atoms with E-state index in [-0.39, 0.29) is 5.54 Å². The number of hydrogen-bond donors (Lipinski definition) is 1. The van der Waals surface area contributed by atoms with Gasteiger partial charge < -0.3 is 5.73 Å². The van der Waals surface area contributed by atoms with E-state index in [0.717, 1.165) is 32.1 Å². The van der Waals surface area contributed by atoms with Crippen LogP contribution in [-0.4, -0.2) is 23.6 Å². The number of nitrogens with two attached hydrogens (primary N) is 1. The van der Waals surface area contributed by atoms with E-state index in [9.17, 15) is 0 Å². The summed E-state index contributed by atoms with van der Waals surface area (Å²) in [5.74, 6) is 0.602. The molecule has 3 heteroatoms. The minimum Gasteiger partial charge on any atom is -0.328 e. The molecular weight excluding hydrogens is 246 g/mol. The largest absolute Gasteiger partial charge is 0.328 e. The van der Waals surface area contributed by atoms with Crippen LogP contribution >= 0.6 is 0 Å². The van der Waals surface area contributed by atoms with Crippen LogP contribution in [0.2, 0.25) is 0 Å². The van der Waals surface area contributed by atoms with Gasteiger partial charge in [-0.25, -0.2) is 9.98 Å². The van der Waals surface area contributed by atoms with E-state index in [4.69, 9.17) is 10.7 Å². The van der Waals surface area contributed by atoms with Crippen molar-refractivity contribution in [3.05, 3.63) is 0 Å². The molecule has 0 bridgehead atoms. The number of rotatable bonds is 4. The van der Waals surface area contributed by atoms with Gasteiger partial charge in [0.2, 0.25) is 0 Å². The zero-order valence-corrected chi connectivity index (χ0v) is 13.3. The second kappa shape index (κ2) is 7.38. The minimum atomic E-state index is 0.0583. The lowest BCUT2D eigenvalue weighted by Crippen LogP contribution is -2.44. The molecule has 3 unspecified atom stereocenters. The van der Waals surface area contributed by atoms with Crippen molar-refractivity contribution in [3.8, 4) is 0 Å². The molecule has 0 spiro atoms. The van der Waals surface area contributed by atoms with Gasteiger partial charge in [-0.1, -0.05) is 39.5 Å². The van der Waals surface area contributed by atoms with E-state index in [0.29, 0.717) is 18.0 Å². The van der Waals surface area contributed by atoms with Crippen molar-refractivity contribution in [3.63, 3.8) is 0 Å². The smallest absolute Gasteiger partial charge is 0.0901 e. The fourth-order valence-electron chi connectivity index (χ4n) is 4.00. The fourth-order valence-corrected chi connectivity index (χ4v) is 4.00. The number of hydrogen-bond acceptors (Lipinski definition) is 3. The lowest BCUT2D eigenvalue weighted by molar-refractivity contribution is 0.165. The summed E-state index contributed by atoms with van der Waals surface area (Å²) >= 11 is 0. The van der Waals surface area contributed by atoms with E-state index in [2.05, 4.69) is 24.8 Å². The maximum Gasteiger partial charge on any atom is 0.0901 e. The van der Waals surface area contributed by atoms with Crippen LogP contribution in [0.5, 0.6) is 0 Å². The van der Waals surface area contributed by atoms with E-state index in [1.54, 1.807) is 0 Å². The number of nitrogens with zero attached hydrogens (tertiary/aromatic N) is 2. The van der Waals surface area contributed by atoms with Crippen molar-refractivity contribution < 1.29 is 0 Å². The molecule has 114 valence electrons. The van der Waals surface area contributed by atoms with Crippen LogP contribution in [0.3, 0.4) is 0 Å². The molecule has 0 amide bonds. The summed E-state index contributed by atoms with van der Waals surface area (Å²) in [4.78, 5) is 9.45. The summed E-state index contributed by atoms with van der Waals surface area (Å²) in [6.45, 7) is 4.52. The molecule has 2 fully saturated rings. The first-order valence-electron chi connectivity index (χ1n) is 8.62. The highest BCUT2D eigenvalue weighted by atomic mass is 14.9. The Labute approximate surface area is 124 Å². The van der Waals surface area contributed by atoms with Gasteiger partial charge in [-0.15, -0.1) is 0 Å². The second-order valence-corrected chi connectivity index (χ2v) is 6.73. The molecule has 2 aliphatic rings. The van der Waals surface area contributed by atoms with E-state index >= 15 is 0 Å². The van der Waals surface area contributed by atoms with Crippen molar-refractivity contribution >= 4 is 6.01 Å². The van der Waals surface area contributed by atoms with E-state index < -0.39 is 0 Å². The van der Waals surface area contributed by atoms with Gasteiger partial charge in [0.05, 0.1) is 17.6 Å². The molecule has 0 radical (unpaired) electrons. The van der Waals surface area contributed by atoms with Crippen molar-refractivity contribution in [1.82, 2.24) is 0 Å². The highest BCUT2D eigenvalue weighted by molar-refractivity contribution is 5.43. The predicted molar refractivity (Wildman–Crippen MR) is 85.4 cm³/mol. The first-order chi connectivity index (χ1) is 9.70. The van der Waals surface area contributed by atoms with Crippen molar-refractivity contribution in [2.75, 3.05) is 0 Å². The third-order valence-electron chi connectivity index (χ3n) is 5.49. The summed E-state index contributed by atoms with van der Waals surface area (Å²) in [5, 5.41) is 0. The van der Waals surface area contributed by atoms with Crippen LogP contribution in [0.4, 0.5) is 0 Å². The van der Waals surface area contributed by atoms with Crippen LogP contribution < -0.4 is 5.73 Å². The highest BCUT2D eigenvalue weighted by Gasteiger charge is 2.40. The Kier molecular flexibility index (Phi) is 5.80. The summed E-state index contributed by atoms with van der Waals surface area (Å²) in [6, 6.07) is 3.95. The lowest BCUT2D eigenvalue weighted by Gasteiger charge is -2.41. The van der Waals surface area contributed by atoms with E-state index in [1.165, 1.54) is 32.1 Å². The maximum atomic E-state index is 6.14. The molecule has 0 aromatic heterocycles. The third kappa shape index (κ3) is 3.71. The van der Waals surface area contributed by atoms with Gasteiger partial charge in [-0.3, -0.25) is 0 Å². The Hall–Kier alpha value is -0.660. The van der Waals surface area contributed by atoms with Crippen LogP contribution in [0.25, 0.3) is 0 Å². The summed E-state index contributed by atoms with van der Waals surface area (Å²) < 4.78 is 0. The van der Waals surface area contributed by atoms with Crippen molar-refractivity contribution in [2.24, 2.45) is 21.6 Å². The Morgan fingerprint density at radius 1 is 1.15 bits per heavy atom. The SMILES string of the molecule is CCC1CC(N)CCC1(CC)N=C=NC1CCCCC1. The van der Waals surface area contributed by atoms with Gasteiger partial charge in [0.25, 0.3) is 0 Å². The molecule has 0 aliphatic heterocycles. The van der Waals surface area contributed by atoms with Crippen molar-refractivity contribution in [1.29, 1.82) is 0 Å². The van der Waals surface area contributed by atoms with Gasteiger partial charge >= 0.3 is 0 Å². The lowest BCUT2D eigenvalue weighted by atomic mass is 9.69. The van der Waals surface area contributed by atoms with Gasteiger partial charge in [0, 0.05) is 6.04 Å². The van der Waals surface area contributed by atoms with Crippen LogP contribution in [-0.2, 0) is 0 Å². The van der Waals surface area contributed by atoms with Crippen molar-refractivity contribution in [2.45, 2.75) is 95.7 Å². The topological polar surface area (TPSA) is 50.7 Å². The monoisotopic (exact) mass is 277 g/mol. The molecule has 2 rings (SSSR count). The Morgan fingerprint density at radius 2 is 1.90 bits per heavy atom. The van der Waals surface area contributed by atoms with Gasteiger partial charge in [-0.05, 0) is 44.4 Å². The van der Waals surface area contributed by atoms with Gasteiger partial charge in [-0.2, -0.15) is 0 Å². The average molecular weight is 277 g/mol. The average Bonchev–Trinajstić information content (AvgIpc) is 2.50. The fraction of sp³-hybridized carbons (Fsp3) is 0.941. The Bertz CT molecular complexity index is 353. The Balaban J connectivity index is 2.07. The third-order valence-corrected chi connectivity index (χ3v) is 5.49. The molecule has 0 aromatic rings. The first kappa shape index (κ1) is 15.7. The molecule has 20 heavy (non-hydrogen) atoms. The summed E-state index contributed by atoms with van der Waals surface area (Å²) in [5.41, 5.74) is 6.19. The molecule has 2 aliphatic carbocycles. The molecule has 0 saturated heterocycles. The molecule has 3 nitrogen and oxygen atoms in total. The zero-order valence-electron chi connectivity index (χ0n) is 13.3. The first-order valence-corrected chi connectivity index (χ1v) is 8.62. The molecule has 0 heterocycles. The predicted octanol–water partition coefficient (Wildman–Crippen LogP) is 4.18. The van der Waals surface area contributed by atoms with Gasteiger partial charge in [0.1, 0.15) is 0 Å². The highest BCUT2D eigenvalue weighted by Crippen LogP contribution is 2.40. The number of aliphatic imine (C=N–C) groups is 2. The van der Waals surface area contributed by atoms with E-state index in [1.807, 2.05) is 0 Å². The normalized spacial score (nSPS) is 35.4. The molecule has 2 saturated carbocycles. The quantitative estimate of drug-likeness (QED) is 0.770. The van der Waals surface area contributed by atoms with Crippen LogP contribution in [0, 0.1) is 5.92 Å². The van der Waals surface area contributed by atoms with Crippen LogP contribution in [0.15, 0.2) is 9.98 Å².